The number of ether oxygens (including phenoxy) is 1. The number of aromatic nitrogens is 2. The Balaban J connectivity index is 1.35. The maximum Gasteiger partial charge on any atom is 0.338 e. The summed E-state index contributed by atoms with van der Waals surface area (Å²) in [5, 5.41) is 11.1. The van der Waals surface area contributed by atoms with Gasteiger partial charge in [-0.2, -0.15) is 0 Å². The fraction of sp³-hybridized carbons (Fsp3) is 0.261. The van der Waals surface area contributed by atoms with Crippen molar-refractivity contribution in [3.05, 3.63) is 79.9 Å². The van der Waals surface area contributed by atoms with Crippen LogP contribution in [-0.2, 0) is 22.5 Å². The van der Waals surface area contributed by atoms with E-state index in [4.69, 9.17) is 4.74 Å². The molecule has 2 heterocycles. The van der Waals surface area contributed by atoms with Crippen molar-refractivity contribution in [3.8, 4) is 0 Å². The smallest absolute Gasteiger partial charge is 0.338 e. The van der Waals surface area contributed by atoms with E-state index < -0.39 is 29.3 Å². The Labute approximate surface area is 198 Å². The zero-order valence-corrected chi connectivity index (χ0v) is 18.5. The maximum atomic E-state index is 12.8. The van der Waals surface area contributed by atoms with E-state index in [0.29, 0.717) is 29.7 Å². The molecule has 1 aromatic heterocycles. The van der Waals surface area contributed by atoms with E-state index in [1.54, 1.807) is 4.57 Å². The largest absolute Gasteiger partial charge is 0.452 e. The number of hydrogen-bond acceptors (Lipinski definition) is 8. The SMILES string of the molecule is O=C(COC(=O)c1ccc2c(=O)n3c(nc2c1)CCCCC3)NNC(=O)c1ccc([N+](=O)[O-])cc1. The van der Waals surface area contributed by atoms with Crippen molar-refractivity contribution in [1.82, 2.24) is 20.4 Å². The molecule has 12 nitrogen and oxygen atoms in total. The lowest BCUT2D eigenvalue weighted by Gasteiger charge is -2.11. The van der Waals surface area contributed by atoms with Gasteiger partial charge in [-0.1, -0.05) is 6.42 Å². The minimum absolute atomic E-state index is 0.0883. The van der Waals surface area contributed by atoms with Gasteiger partial charge in [-0.25, -0.2) is 9.78 Å². The molecule has 3 aromatic rings. The molecule has 35 heavy (non-hydrogen) atoms. The third-order valence-corrected chi connectivity index (χ3v) is 5.54. The summed E-state index contributed by atoms with van der Waals surface area (Å²) >= 11 is 0. The third kappa shape index (κ3) is 5.32. The second-order valence-corrected chi connectivity index (χ2v) is 7.91. The van der Waals surface area contributed by atoms with Crippen LogP contribution in [0.25, 0.3) is 10.9 Å². The number of fused-ring (bicyclic) bond motifs is 2. The first-order valence-corrected chi connectivity index (χ1v) is 10.9. The minimum atomic E-state index is -0.795. The third-order valence-electron chi connectivity index (χ3n) is 5.54. The van der Waals surface area contributed by atoms with Gasteiger partial charge in [-0.05, 0) is 43.2 Å². The fourth-order valence-electron chi connectivity index (χ4n) is 3.73. The Morgan fingerprint density at radius 2 is 1.77 bits per heavy atom. The average Bonchev–Trinajstić information content (AvgIpc) is 3.11. The molecule has 180 valence electrons. The number of nitrogens with zero attached hydrogens (tertiary/aromatic N) is 3. The van der Waals surface area contributed by atoms with Gasteiger partial charge in [0, 0.05) is 30.7 Å². The Morgan fingerprint density at radius 1 is 1.03 bits per heavy atom. The molecule has 0 radical (unpaired) electrons. The number of nitro benzene ring substituents is 1. The second kappa shape index (κ2) is 10.1. The van der Waals surface area contributed by atoms with Gasteiger partial charge in [0.15, 0.2) is 6.61 Å². The Morgan fingerprint density at radius 3 is 2.51 bits per heavy atom. The number of amides is 2. The molecular weight excluding hydrogens is 458 g/mol. The maximum absolute atomic E-state index is 12.8. The van der Waals surface area contributed by atoms with E-state index in [-0.39, 0.29) is 22.4 Å². The van der Waals surface area contributed by atoms with Gasteiger partial charge in [0.1, 0.15) is 5.82 Å². The van der Waals surface area contributed by atoms with Gasteiger partial charge < -0.3 is 4.74 Å². The summed E-state index contributed by atoms with van der Waals surface area (Å²) < 4.78 is 6.68. The minimum Gasteiger partial charge on any atom is -0.452 e. The second-order valence-electron chi connectivity index (χ2n) is 7.91. The molecule has 0 aliphatic carbocycles. The molecule has 1 aliphatic heterocycles. The number of non-ortho nitro benzene ring substituents is 1. The lowest BCUT2D eigenvalue weighted by Crippen LogP contribution is -2.43. The number of carbonyl (C=O) groups is 3. The molecule has 0 bridgehead atoms. The summed E-state index contributed by atoms with van der Waals surface area (Å²) in [5.41, 5.74) is 4.51. The van der Waals surface area contributed by atoms with Crippen molar-refractivity contribution < 1.29 is 24.0 Å². The summed E-state index contributed by atoms with van der Waals surface area (Å²) in [6.07, 6.45) is 3.56. The van der Waals surface area contributed by atoms with E-state index in [2.05, 4.69) is 15.8 Å². The van der Waals surface area contributed by atoms with Gasteiger partial charge >= 0.3 is 5.97 Å². The molecule has 2 aromatic carbocycles. The van der Waals surface area contributed by atoms with Crippen LogP contribution in [-0.4, -0.2) is 38.9 Å². The average molecular weight is 479 g/mol. The number of hydrogen-bond donors (Lipinski definition) is 2. The first kappa shape index (κ1) is 23.5. The number of nitro groups is 1. The van der Waals surface area contributed by atoms with Crippen LogP contribution >= 0.6 is 0 Å². The molecule has 0 atom stereocenters. The first-order chi connectivity index (χ1) is 16.8. The summed E-state index contributed by atoms with van der Waals surface area (Å²) in [6, 6.07) is 9.19. The molecular formula is C23H21N5O7. The lowest BCUT2D eigenvalue weighted by atomic mass is 10.1. The van der Waals surface area contributed by atoms with Crippen LogP contribution in [0.1, 0.15) is 45.8 Å². The predicted octanol–water partition coefficient (Wildman–Crippen LogP) is 1.65. The van der Waals surface area contributed by atoms with E-state index in [1.807, 2.05) is 0 Å². The number of esters is 1. The van der Waals surface area contributed by atoms with Crippen LogP contribution in [0.5, 0.6) is 0 Å². The summed E-state index contributed by atoms with van der Waals surface area (Å²) in [5.74, 6) is -1.60. The first-order valence-electron chi connectivity index (χ1n) is 10.9. The highest BCUT2D eigenvalue weighted by Crippen LogP contribution is 2.17. The topological polar surface area (TPSA) is 163 Å². The van der Waals surface area contributed by atoms with Gasteiger partial charge in [-0.3, -0.25) is 39.9 Å². The zero-order valence-electron chi connectivity index (χ0n) is 18.5. The summed E-state index contributed by atoms with van der Waals surface area (Å²) in [4.78, 5) is 63.8. The zero-order chi connectivity index (χ0) is 24.9. The highest BCUT2D eigenvalue weighted by atomic mass is 16.6. The van der Waals surface area contributed by atoms with Crippen LogP contribution in [0.3, 0.4) is 0 Å². The molecule has 1 aliphatic rings. The van der Waals surface area contributed by atoms with E-state index >= 15 is 0 Å². The standard InChI is InChI=1S/C23H21N5O7/c29-20(25-26-21(30)14-5-8-16(9-6-14)28(33)34)13-35-23(32)15-7-10-17-18(12-15)24-19-4-2-1-3-11-27(19)22(17)31/h5-10,12H,1-4,11,13H2,(H,25,29)(H,26,30). The molecule has 0 saturated carbocycles. The van der Waals surface area contributed by atoms with Crippen molar-refractivity contribution in [2.24, 2.45) is 0 Å². The van der Waals surface area contributed by atoms with E-state index in [0.717, 1.165) is 31.4 Å². The molecule has 0 fully saturated rings. The van der Waals surface area contributed by atoms with Crippen LogP contribution < -0.4 is 16.4 Å². The number of nitrogens with one attached hydrogen (secondary N) is 2. The lowest BCUT2D eigenvalue weighted by molar-refractivity contribution is -0.384. The molecule has 2 amide bonds. The number of benzene rings is 2. The normalized spacial score (nSPS) is 12.8. The van der Waals surface area contributed by atoms with Crippen LogP contribution in [0.2, 0.25) is 0 Å². The monoisotopic (exact) mass is 479 g/mol. The van der Waals surface area contributed by atoms with Crippen LogP contribution in [0.4, 0.5) is 5.69 Å². The van der Waals surface area contributed by atoms with Crippen molar-refractivity contribution >= 4 is 34.4 Å². The van der Waals surface area contributed by atoms with Gasteiger partial charge in [0.05, 0.1) is 21.4 Å². The Kier molecular flexibility index (Phi) is 6.81. The number of rotatable bonds is 5. The van der Waals surface area contributed by atoms with Crippen molar-refractivity contribution in [3.63, 3.8) is 0 Å². The van der Waals surface area contributed by atoms with Gasteiger partial charge in [-0.15, -0.1) is 0 Å². The van der Waals surface area contributed by atoms with Gasteiger partial charge in [0.25, 0.3) is 23.1 Å². The van der Waals surface area contributed by atoms with Gasteiger partial charge in [0.2, 0.25) is 0 Å². The van der Waals surface area contributed by atoms with Crippen LogP contribution in [0.15, 0.2) is 47.3 Å². The molecule has 2 N–H and O–H groups in total. The quantitative estimate of drug-likeness (QED) is 0.317. The summed E-state index contributed by atoms with van der Waals surface area (Å²) in [7, 11) is 0. The molecule has 4 rings (SSSR count). The van der Waals surface area contributed by atoms with E-state index in [1.165, 1.54) is 30.3 Å². The Hall–Kier alpha value is -4.61. The number of hydrazine groups is 1. The highest BCUT2D eigenvalue weighted by molar-refractivity contribution is 5.97. The van der Waals surface area contributed by atoms with Crippen LogP contribution in [0, 0.1) is 10.1 Å². The predicted molar refractivity (Wildman–Crippen MR) is 123 cm³/mol. The molecule has 0 spiro atoms. The highest BCUT2D eigenvalue weighted by Gasteiger charge is 2.17. The molecule has 12 heteroatoms. The Bertz CT molecular complexity index is 1380. The van der Waals surface area contributed by atoms with Crippen molar-refractivity contribution in [2.45, 2.75) is 32.2 Å². The summed E-state index contributed by atoms with van der Waals surface area (Å²) in [6.45, 7) is -0.0472. The molecule has 0 saturated heterocycles. The molecule has 0 unspecified atom stereocenters. The fourth-order valence-corrected chi connectivity index (χ4v) is 3.73. The van der Waals surface area contributed by atoms with Crippen molar-refractivity contribution in [1.29, 1.82) is 0 Å². The number of aryl methyl sites for hydroxylation is 1. The number of carbonyl (C=O) groups excluding carboxylic acids is 3. The van der Waals surface area contributed by atoms with Crippen molar-refractivity contribution in [2.75, 3.05) is 6.61 Å². The van der Waals surface area contributed by atoms with E-state index in [9.17, 15) is 29.3 Å².